The van der Waals surface area contributed by atoms with Crippen molar-refractivity contribution >= 4 is 5.91 Å². The molecular formula is C17H19NO4. The Hall–Kier alpha value is -2.27. The second-order valence-electron chi connectivity index (χ2n) is 5.58. The molecule has 3 rings (SSSR count). The van der Waals surface area contributed by atoms with Crippen molar-refractivity contribution in [1.82, 2.24) is 4.90 Å². The third kappa shape index (κ3) is 2.85. The first kappa shape index (κ1) is 14.7. The number of benzene rings is 1. The number of phenolic OH excluding ortho intramolecular Hbond substituents is 1. The number of phenols is 1. The lowest BCUT2D eigenvalue weighted by atomic mass is 10.0. The van der Waals surface area contributed by atoms with E-state index in [-0.39, 0.29) is 17.7 Å². The molecule has 1 aromatic carbocycles. The molecule has 22 heavy (non-hydrogen) atoms. The van der Waals surface area contributed by atoms with Gasteiger partial charge >= 0.3 is 0 Å². The van der Waals surface area contributed by atoms with Gasteiger partial charge in [-0.15, -0.1) is 0 Å². The molecule has 1 aromatic heterocycles. The van der Waals surface area contributed by atoms with Gasteiger partial charge in [-0.25, -0.2) is 0 Å². The summed E-state index contributed by atoms with van der Waals surface area (Å²) in [7, 11) is 0. The van der Waals surface area contributed by atoms with Gasteiger partial charge in [0.05, 0.1) is 11.8 Å². The quantitative estimate of drug-likeness (QED) is 0.910. The molecule has 0 bridgehead atoms. The molecule has 0 aliphatic carbocycles. The Bertz CT molecular complexity index is 638. The second kappa shape index (κ2) is 6.23. The van der Waals surface area contributed by atoms with E-state index in [1.165, 1.54) is 12.3 Å². The fourth-order valence-corrected chi connectivity index (χ4v) is 3.01. The number of aromatic hydroxyl groups is 1. The van der Waals surface area contributed by atoms with Gasteiger partial charge in [-0.2, -0.15) is 0 Å². The fraction of sp³-hybridized carbons (Fsp3) is 0.353. The summed E-state index contributed by atoms with van der Waals surface area (Å²) in [5.41, 5.74) is 0.307. The van der Waals surface area contributed by atoms with Crippen LogP contribution in [0.4, 0.5) is 0 Å². The number of aliphatic hydroxyl groups is 1. The number of likely N-dealkylation sites (tertiary alicyclic amines) is 1. The number of rotatable bonds is 4. The molecule has 2 atom stereocenters. The highest BCUT2D eigenvalue weighted by Crippen LogP contribution is 2.30. The third-order valence-electron chi connectivity index (χ3n) is 4.14. The molecule has 0 unspecified atom stereocenters. The van der Waals surface area contributed by atoms with Crippen molar-refractivity contribution in [2.45, 2.75) is 31.4 Å². The first-order valence-corrected chi connectivity index (χ1v) is 7.47. The van der Waals surface area contributed by atoms with Gasteiger partial charge < -0.3 is 19.5 Å². The lowest BCUT2D eigenvalue weighted by molar-refractivity contribution is 0.0639. The summed E-state index contributed by atoms with van der Waals surface area (Å²) in [6.07, 6.45) is 2.98. The number of para-hydroxylation sites is 1. The Labute approximate surface area is 128 Å². The molecule has 1 saturated heterocycles. The highest BCUT2D eigenvalue weighted by molar-refractivity contribution is 5.97. The van der Waals surface area contributed by atoms with Crippen LogP contribution in [-0.2, 0) is 0 Å². The molecule has 0 radical (unpaired) electrons. The van der Waals surface area contributed by atoms with Crippen molar-refractivity contribution in [3.63, 3.8) is 0 Å². The minimum absolute atomic E-state index is 0.00951. The summed E-state index contributed by atoms with van der Waals surface area (Å²) in [6.45, 7) is 0.642. The van der Waals surface area contributed by atoms with Gasteiger partial charge in [0, 0.05) is 19.0 Å². The maximum atomic E-state index is 12.6. The van der Waals surface area contributed by atoms with Crippen LogP contribution >= 0.6 is 0 Å². The number of amides is 1. The Morgan fingerprint density at radius 2 is 2.14 bits per heavy atom. The van der Waals surface area contributed by atoms with Crippen molar-refractivity contribution in [2.75, 3.05) is 6.54 Å². The number of carbonyl (C=O) groups is 1. The fourth-order valence-electron chi connectivity index (χ4n) is 3.01. The highest BCUT2D eigenvalue weighted by atomic mass is 16.4. The molecule has 0 saturated carbocycles. The van der Waals surface area contributed by atoms with Crippen LogP contribution in [0.1, 0.15) is 41.5 Å². The summed E-state index contributed by atoms with van der Waals surface area (Å²) in [5.74, 6) is 0.318. The predicted octanol–water partition coefficient (Wildman–Crippen LogP) is 2.71. The summed E-state index contributed by atoms with van der Waals surface area (Å²) in [6, 6.07) is 9.97. The minimum atomic E-state index is -0.724. The second-order valence-corrected chi connectivity index (χ2v) is 5.58. The summed E-state index contributed by atoms with van der Waals surface area (Å²) in [5, 5.41) is 20.1. The smallest absolute Gasteiger partial charge is 0.257 e. The van der Waals surface area contributed by atoms with E-state index in [1.807, 2.05) is 0 Å². The summed E-state index contributed by atoms with van der Waals surface area (Å²) < 4.78 is 5.21. The topological polar surface area (TPSA) is 73.9 Å². The van der Waals surface area contributed by atoms with Crippen molar-refractivity contribution in [3.8, 4) is 5.75 Å². The van der Waals surface area contributed by atoms with Crippen LogP contribution in [0.15, 0.2) is 47.1 Å². The molecule has 1 aliphatic rings. The maximum absolute atomic E-state index is 12.6. The van der Waals surface area contributed by atoms with E-state index in [0.717, 1.165) is 12.8 Å². The van der Waals surface area contributed by atoms with E-state index < -0.39 is 6.10 Å². The molecule has 5 nitrogen and oxygen atoms in total. The standard InChI is InChI=1S/C17H19NO4/c19-14-7-2-1-6-13(14)17(21)18-9-3-5-12(18)11-15(20)16-8-4-10-22-16/h1-2,4,6-8,10,12,15,19-20H,3,5,9,11H2/t12-,15-/m1/s1. The van der Waals surface area contributed by atoms with Crippen LogP contribution < -0.4 is 0 Å². The van der Waals surface area contributed by atoms with E-state index in [0.29, 0.717) is 24.3 Å². The molecular weight excluding hydrogens is 282 g/mol. The normalized spacial score (nSPS) is 19.3. The average Bonchev–Trinajstić information content (AvgIpc) is 3.18. The molecule has 1 fully saturated rings. The highest BCUT2D eigenvalue weighted by Gasteiger charge is 2.32. The van der Waals surface area contributed by atoms with E-state index in [9.17, 15) is 15.0 Å². The molecule has 2 heterocycles. The van der Waals surface area contributed by atoms with Crippen molar-refractivity contribution < 1.29 is 19.4 Å². The number of hydrogen-bond donors (Lipinski definition) is 2. The van der Waals surface area contributed by atoms with Gasteiger partial charge in [0.1, 0.15) is 17.6 Å². The van der Waals surface area contributed by atoms with Crippen LogP contribution in [0.3, 0.4) is 0 Å². The average molecular weight is 301 g/mol. The predicted molar refractivity (Wildman–Crippen MR) is 80.5 cm³/mol. The lowest BCUT2D eigenvalue weighted by Gasteiger charge is -2.26. The first-order chi connectivity index (χ1) is 10.7. The number of nitrogens with zero attached hydrogens (tertiary/aromatic N) is 1. The largest absolute Gasteiger partial charge is 0.507 e. The first-order valence-electron chi connectivity index (χ1n) is 7.47. The van der Waals surface area contributed by atoms with Crippen LogP contribution in [0.5, 0.6) is 5.75 Å². The Balaban J connectivity index is 1.73. The Morgan fingerprint density at radius 3 is 2.86 bits per heavy atom. The van der Waals surface area contributed by atoms with Crippen LogP contribution in [0.2, 0.25) is 0 Å². The number of carbonyl (C=O) groups excluding carboxylic acids is 1. The van der Waals surface area contributed by atoms with Gasteiger partial charge in [0.15, 0.2) is 0 Å². The third-order valence-corrected chi connectivity index (χ3v) is 4.14. The number of hydrogen-bond acceptors (Lipinski definition) is 4. The van der Waals surface area contributed by atoms with Gasteiger partial charge in [-0.3, -0.25) is 4.79 Å². The van der Waals surface area contributed by atoms with E-state index in [4.69, 9.17) is 4.42 Å². The molecule has 5 heteroatoms. The SMILES string of the molecule is O=C(c1ccccc1O)N1CCC[C@@H]1C[C@@H](O)c1ccco1. The van der Waals surface area contributed by atoms with Crippen LogP contribution in [-0.4, -0.2) is 33.6 Å². The van der Waals surface area contributed by atoms with E-state index >= 15 is 0 Å². The number of aliphatic hydroxyl groups excluding tert-OH is 1. The van der Waals surface area contributed by atoms with Crippen molar-refractivity contribution in [3.05, 3.63) is 54.0 Å². The van der Waals surface area contributed by atoms with Crippen molar-refractivity contribution in [2.24, 2.45) is 0 Å². The Kier molecular flexibility index (Phi) is 4.15. The summed E-state index contributed by atoms with van der Waals surface area (Å²) >= 11 is 0. The van der Waals surface area contributed by atoms with Crippen LogP contribution in [0.25, 0.3) is 0 Å². The van der Waals surface area contributed by atoms with Gasteiger partial charge in [0.25, 0.3) is 5.91 Å². The molecule has 0 spiro atoms. The monoisotopic (exact) mass is 301 g/mol. The molecule has 116 valence electrons. The van der Waals surface area contributed by atoms with Gasteiger partial charge in [-0.1, -0.05) is 12.1 Å². The van der Waals surface area contributed by atoms with Crippen LogP contribution in [0, 0.1) is 0 Å². The molecule has 1 aliphatic heterocycles. The maximum Gasteiger partial charge on any atom is 0.257 e. The summed E-state index contributed by atoms with van der Waals surface area (Å²) in [4.78, 5) is 14.3. The number of furan rings is 1. The minimum Gasteiger partial charge on any atom is -0.507 e. The zero-order chi connectivity index (χ0) is 15.5. The van der Waals surface area contributed by atoms with Crippen molar-refractivity contribution in [1.29, 1.82) is 0 Å². The molecule has 1 amide bonds. The molecule has 2 aromatic rings. The van der Waals surface area contributed by atoms with E-state index in [1.54, 1.807) is 35.2 Å². The Morgan fingerprint density at radius 1 is 1.32 bits per heavy atom. The van der Waals surface area contributed by atoms with Gasteiger partial charge in [-0.05, 0) is 37.1 Å². The van der Waals surface area contributed by atoms with Gasteiger partial charge in [0.2, 0.25) is 0 Å². The van der Waals surface area contributed by atoms with E-state index in [2.05, 4.69) is 0 Å². The molecule has 2 N–H and O–H groups in total. The zero-order valence-electron chi connectivity index (χ0n) is 12.2. The lowest BCUT2D eigenvalue weighted by Crippen LogP contribution is -2.36. The zero-order valence-corrected chi connectivity index (χ0v) is 12.2.